The van der Waals surface area contributed by atoms with Crippen molar-refractivity contribution in [1.29, 1.82) is 0 Å². The van der Waals surface area contributed by atoms with Gasteiger partial charge in [-0.2, -0.15) is 0 Å². The third-order valence-electron chi connectivity index (χ3n) is 6.75. The molecule has 4 nitrogen and oxygen atoms in total. The Kier molecular flexibility index (Phi) is 9.38. The van der Waals surface area contributed by atoms with Crippen LogP contribution in [0.5, 0.6) is 0 Å². The van der Waals surface area contributed by atoms with Crippen molar-refractivity contribution in [2.75, 3.05) is 12.4 Å². The van der Waals surface area contributed by atoms with Crippen molar-refractivity contribution < 1.29 is 9.53 Å². The Labute approximate surface area is 203 Å². The van der Waals surface area contributed by atoms with Gasteiger partial charge >= 0.3 is 5.97 Å². The molecule has 0 saturated carbocycles. The average molecular weight is 465 g/mol. The molecular formula is C28H36N2O2S. The quantitative estimate of drug-likeness (QED) is 0.249. The predicted octanol–water partition coefficient (Wildman–Crippen LogP) is 6.27. The summed E-state index contributed by atoms with van der Waals surface area (Å²) in [7, 11) is 0. The Morgan fingerprint density at radius 1 is 1.09 bits per heavy atom. The first-order valence-electron chi connectivity index (χ1n) is 12.3. The standard InChI is InChI=1S/C28H36N2O2S/c1-5-21-18-26-25(28(6-2,7-3)15-16-33-26)17-22(21)13-14-24-20-29-23(19-30-24)11-9-10-12-27(31)32-8-4/h17-20H,5-12,15-16H2,1-4H3. The van der Waals surface area contributed by atoms with Crippen molar-refractivity contribution in [2.24, 2.45) is 0 Å². The molecule has 0 unspecified atom stereocenters. The SMILES string of the molecule is CCOC(=O)CCCCc1cnc(C#Cc2cc3c(cc2CC)SCCC3(CC)CC)cn1. The number of fused-ring (bicyclic) bond motifs is 1. The highest BCUT2D eigenvalue weighted by atomic mass is 32.2. The van der Waals surface area contributed by atoms with E-state index in [2.05, 4.69) is 54.7 Å². The van der Waals surface area contributed by atoms with Crippen LogP contribution in [0.15, 0.2) is 29.4 Å². The average Bonchev–Trinajstić information content (AvgIpc) is 2.85. The van der Waals surface area contributed by atoms with E-state index in [0.29, 0.717) is 18.7 Å². The molecule has 0 aliphatic carbocycles. The summed E-state index contributed by atoms with van der Waals surface area (Å²) in [6.45, 7) is 9.10. The molecule has 0 fully saturated rings. The molecule has 5 heteroatoms. The van der Waals surface area contributed by atoms with Crippen LogP contribution in [0.4, 0.5) is 0 Å². The van der Waals surface area contributed by atoms with Gasteiger partial charge in [-0.15, -0.1) is 11.8 Å². The highest BCUT2D eigenvalue weighted by Crippen LogP contribution is 2.46. The number of aryl methyl sites for hydroxylation is 2. The lowest BCUT2D eigenvalue weighted by molar-refractivity contribution is -0.143. The van der Waals surface area contributed by atoms with Gasteiger partial charge in [-0.1, -0.05) is 26.7 Å². The molecule has 3 rings (SSSR count). The fourth-order valence-corrected chi connectivity index (χ4v) is 5.90. The molecule has 2 aromatic rings. The number of thioether (sulfide) groups is 1. The molecule has 1 aliphatic rings. The summed E-state index contributed by atoms with van der Waals surface area (Å²) in [6, 6.07) is 4.72. The minimum absolute atomic E-state index is 0.128. The second-order valence-electron chi connectivity index (χ2n) is 8.60. The Morgan fingerprint density at radius 3 is 2.58 bits per heavy atom. The van der Waals surface area contributed by atoms with Crippen LogP contribution in [0.1, 0.15) is 94.3 Å². The first-order chi connectivity index (χ1) is 16.0. The lowest BCUT2D eigenvalue weighted by Gasteiger charge is -2.38. The minimum atomic E-state index is -0.128. The molecule has 1 aromatic carbocycles. The number of rotatable bonds is 9. The van der Waals surface area contributed by atoms with Crippen molar-refractivity contribution in [3.8, 4) is 11.8 Å². The van der Waals surface area contributed by atoms with Crippen LogP contribution >= 0.6 is 11.8 Å². The molecule has 0 bridgehead atoms. The van der Waals surface area contributed by atoms with E-state index >= 15 is 0 Å². The second-order valence-corrected chi connectivity index (χ2v) is 9.74. The van der Waals surface area contributed by atoms with Gasteiger partial charge in [0, 0.05) is 23.1 Å². The first kappa shape index (κ1) is 25.3. The maximum Gasteiger partial charge on any atom is 0.305 e. The Hall–Kier alpha value is -2.32. The fraction of sp³-hybridized carbons (Fsp3) is 0.536. The lowest BCUT2D eigenvalue weighted by atomic mass is 9.72. The summed E-state index contributed by atoms with van der Waals surface area (Å²) >= 11 is 1.99. The monoisotopic (exact) mass is 464 g/mol. The minimum Gasteiger partial charge on any atom is -0.466 e. The lowest BCUT2D eigenvalue weighted by Crippen LogP contribution is -2.29. The van der Waals surface area contributed by atoms with Crippen LogP contribution < -0.4 is 0 Å². The molecule has 0 N–H and O–H groups in total. The topological polar surface area (TPSA) is 52.1 Å². The molecule has 2 heterocycles. The predicted molar refractivity (Wildman–Crippen MR) is 136 cm³/mol. The van der Waals surface area contributed by atoms with Gasteiger partial charge in [-0.25, -0.2) is 4.98 Å². The third-order valence-corrected chi connectivity index (χ3v) is 7.81. The summed E-state index contributed by atoms with van der Waals surface area (Å²) in [4.78, 5) is 21.9. The number of benzene rings is 1. The summed E-state index contributed by atoms with van der Waals surface area (Å²) < 4.78 is 4.96. The molecule has 0 atom stereocenters. The maximum absolute atomic E-state index is 11.4. The number of carbonyl (C=O) groups excluding carboxylic acids is 1. The number of hydrogen-bond donors (Lipinski definition) is 0. The van der Waals surface area contributed by atoms with Crippen molar-refractivity contribution in [3.63, 3.8) is 0 Å². The zero-order chi connectivity index (χ0) is 23.7. The molecule has 1 aromatic heterocycles. The molecule has 0 spiro atoms. The molecule has 0 saturated heterocycles. The Morgan fingerprint density at radius 2 is 1.91 bits per heavy atom. The van der Waals surface area contributed by atoms with E-state index in [9.17, 15) is 4.79 Å². The van der Waals surface area contributed by atoms with E-state index in [-0.39, 0.29) is 11.4 Å². The zero-order valence-corrected chi connectivity index (χ0v) is 21.3. The van der Waals surface area contributed by atoms with E-state index in [4.69, 9.17) is 4.74 Å². The van der Waals surface area contributed by atoms with Crippen molar-refractivity contribution in [2.45, 2.75) is 89.4 Å². The number of unbranched alkanes of at least 4 members (excludes halogenated alkanes) is 1. The number of aromatic nitrogens is 2. The second kappa shape index (κ2) is 12.2. The number of esters is 1. The Bertz CT molecular complexity index is 1000. The van der Waals surface area contributed by atoms with Crippen molar-refractivity contribution >= 4 is 17.7 Å². The highest BCUT2D eigenvalue weighted by Gasteiger charge is 2.34. The van der Waals surface area contributed by atoms with Crippen LogP contribution in [-0.2, 0) is 27.8 Å². The summed E-state index contributed by atoms with van der Waals surface area (Å²) in [5.74, 6) is 7.71. The summed E-state index contributed by atoms with van der Waals surface area (Å²) in [6.07, 6.45) is 11.1. The molecule has 176 valence electrons. The number of carbonyl (C=O) groups is 1. The smallest absolute Gasteiger partial charge is 0.305 e. The number of hydrogen-bond acceptors (Lipinski definition) is 5. The van der Waals surface area contributed by atoms with E-state index in [1.807, 2.05) is 18.7 Å². The van der Waals surface area contributed by atoms with Gasteiger partial charge in [0.05, 0.1) is 18.5 Å². The van der Waals surface area contributed by atoms with Gasteiger partial charge in [-0.3, -0.25) is 9.78 Å². The normalized spacial score (nSPS) is 14.2. The van der Waals surface area contributed by atoms with Crippen LogP contribution in [0.3, 0.4) is 0 Å². The van der Waals surface area contributed by atoms with Gasteiger partial charge < -0.3 is 4.74 Å². The van der Waals surface area contributed by atoms with Crippen molar-refractivity contribution in [1.82, 2.24) is 9.97 Å². The van der Waals surface area contributed by atoms with Crippen molar-refractivity contribution in [3.05, 3.63) is 52.6 Å². The molecule has 1 aliphatic heterocycles. The Balaban J connectivity index is 1.71. The van der Waals surface area contributed by atoms with Gasteiger partial charge in [0.15, 0.2) is 0 Å². The van der Waals surface area contributed by atoms with Gasteiger partial charge in [0.1, 0.15) is 5.69 Å². The summed E-state index contributed by atoms with van der Waals surface area (Å²) in [5, 5.41) is 0. The largest absolute Gasteiger partial charge is 0.466 e. The van der Waals surface area contributed by atoms with Gasteiger partial charge in [0.25, 0.3) is 0 Å². The van der Waals surface area contributed by atoms with Gasteiger partial charge in [-0.05, 0) is 92.2 Å². The maximum atomic E-state index is 11.4. The van der Waals surface area contributed by atoms with Crippen LogP contribution in [-0.4, -0.2) is 28.3 Å². The van der Waals surface area contributed by atoms with Crippen LogP contribution in [0, 0.1) is 11.8 Å². The number of nitrogens with zero attached hydrogens (tertiary/aromatic N) is 2. The fourth-order valence-electron chi connectivity index (χ4n) is 4.53. The molecule has 33 heavy (non-hydrogen) atoms. The molecular weight excluding hydrogens is 428 g/mol. The van der Waals surface area contributed by atoms with E-state index in [1.165, 1.54) is 41.0 Å². The van der Waals surface area contributed by atoms with Crippen LogP contribution in [0.25, 0.3) is 0 Å². The highest BCUT2D eigenvalue weighted by molar-refractivity contribution is 7.99. The first-order valence-corrected chi connectivity index (χ1v) is 13.3. The third kappa shape index (κ3) is 6.38. The molecule has 0 radical (unpaired) electrons. The number of ether oxygens (including phenoxy) is 1. The van der Waals surface area contributed by atoms with E-state index in [0.717, 1.165) is 36.9 Å². The van der Waals surface area contributed by atoms with E-state index in [1.54, 1.807) is 12.4 Å². The van der Waals surface area contributed by atoms with Gasteiger partial charge in [0.2, 0.25) is 0 Å². The molecule has 0 amide bonds. The van der Waals surface area contributed by atoms with E-state index < -0.39 is 0 Å². The summed E-state index contributed by atoms with van der Waals surface area (Å²) in [5.41, 5.74) is 5.81. The van der Waals surface area contributed by atoms with Crippen LogP contribution in [0.2, 0.25) is 0 Å². The zero-order valence-electron chi connectivity index (χ0n) is 20.5.